The molecule has 0 aromatic heterocycles. The van der Waals surface area contributed by atoms with Crippen LogP contribution in [0.2, 0.25) is 0 Å². The summed E-state index contributed by atoms with van der Waals surface area (Å²) in [5, 5.41) is 29.5. The Morgan fingerprint density at radius 2 is 0.442 bits per heavy atom. The van der Waals surface area contributed by atoms with Gasteiger partial charge in [0.05, 0.1) is 34.9 Å². The molecule has 0 aliphatic heterocycles. The minimum Gasteiger partial charge on any atom is -0.507 e. The van der Waals surface area contributed by atoms with Gasteiger partial charge in [0.15, 0.2) is 0 Å². The Balaban J connectivity index is 0.000000208. The molecule has 0 fully saturated rings. The molecule has 0 amide bonds. The number of benzene rings is 6. The van der Waals surface area contributed by atoms with Crippen LogP contribution in [0.1, 0.15) is 33.4 Å². The summed E-state index contributed by atoms with van der Waals surface area (Å²) in [6, 6.07) is 54.6. The Morgan fingerprint density at radius 1 is 0.288 bits per heavy atom. The molecule has 6 aromatic rings. The number of aliphatic hydroxyl groups is 3. The Morgan fingerprint density at radius 3 is 0.615 bits per heavy atom. The fourth-order valence-electron chi connectivity index (χ4n) is 4.54. The molecule has 0 saturated carbocycles. The van der Waals surface area contributed by atoms with E-state index in [4.69, 9.17) is 0 Å². The van der Waals surface area contributed by atoms with Gasteiger partial charge in [-0.2, -0.15) is 0 Å². The summed E-state index contributed by atoms with van der Waals surface area (Å²) in [7, 11) is 0. The van der Waals surface area contributed by atoms with Gasteiger partial charge in [0.1, 0.15) is 17.3 Å². The van der Waals surface area contributed by atoms with Crippen LogP contribution in [0.15, 0.2) is 200 Å². The van der Waals surface area contributed by atoms with Gasteiger partial charge in [-0.1, -0.05) is 146 Å². The smallest absolute Gasteiger partial charge is 0.507 e. The molecule has 0 atom stereocenters. The van der Waals surface area contributed by atoms with E-state index in [9.17, 15) is 29.7 Å². The van der Waals surface area contributed by atoms with Crippen molar-refractivity contribution in [2.75, 3.05) is 0 Å². The van der Waals surface area contributed by atoms with Gasteiger partial charge in [0.2, 0.25) is 0 Å². The fourth-order valence-corrected chi connectivity index (χ4v) is 4.54. The SMILES string of the molecule is O/C(=C\C(=[OH+])c1ccccc1)c1ccccc1.O/C(=C\C(=[OH+])c1ccccc1)c1ccccc1.O/C(=C\C(=[OH+])c1ccccc1)c1ccccc1.[Ga+3]. The van der Waals surface area contributed by atoms with Crippen molar-refractivity contribution in [2.24, 2.45) is 0 Å². The Hall–Kier alpha value is -6.41. The van der Waals surface area contributed by atoms with Crippen LogP contribution in [-0.2, 0) is 0 Å². The quantitative estimate of drug-likeness (QED) is 0.0450. The standard InChI is InChI=1S/3C15H12O2.Ga/c3*16-14(12-7-3-1-4-8-12)11-15(17)13-9-5-2-6-10-13;/h3*1-11,16H;/q;;;+3/p+3/b3*14-11-;. The van der Waals surface area contributed by atoms with Gasteiger partial charge in [-0.05, 0) is 36.4 Å². The minimum atomic E-state index is 0. The van der Waals surface area contributed by atoms with E-state index in [0.717, 1.165) is 0 Å². The Labute approximate surface area is 316 Å². The predicted molar refractivity (Wildman–Crippen MR) is 214 cm³/mol. The van der Waals surface area contributed by atoms with E-state index in [1.54, 1.807) is 72.8 Å². The molecular formula is C45H39GaO6+6. The second kappa shape index (κ2) is 21.6. The summed E-state index contributed by atoms with van der Waals surface area (Å²) in [5.74, 6) is 0.289. The van der Waals surface area contributed by atoms with Crippen LogP contribution in [0.4, 0.5) is 0 Å². The number of rotatable bonds is 9. The van der Waals surface area contributed by atoms with Crippen molar-refractivity contribution in [2.45, 2.75) is 0 Å². The van der Waals surface area contributed by atoms with Crippen molar-refractivity contribution in [1.82, 2.24) is 0 Å². The molecule has 0 bridgehead atoms. The van der Waals surface area contributed by atoms with E-state index in [1.165, 1.54) is 18.2 Å². The van der Waals surface area contributed by atoms with E-state index in [2.05, 4.69) is 0 Å². The summed E-state index contributed by atoms with van der Waals surface area (Å²) < 4.78 is 0. The fraction of sp³-hybridized carbons (Fsp3) is 0. The first kappa shape index (κ1) is 40.0. The first-order chi connectivity index (χ1) is 24.8. The molecule has 0 heterocycles. The van der Waals surface area contributed by atoms with E-state index < -0.39 is 0 Å². The number of allylic oxidation sites excluding steroid dienone is 3. The molecule has 6 rings (SSSR count). The van der Waals surface area contributed by atoms with Crippen molar-refractivity contribution >= 4 is 54.4 Å². The molecule has 6 aromatic carbocycles. The number of hydrogen-bond donors (Lipinski definition) is 3. The summed E-state index contributed by atoms with van der Waals surface area (Å²) in [6.07, 6.45) is 4.06. The molecular weight excluding hydrogens is 706 g/mol. The number of aliphatic hydroxyl groups excluding tert-OH is 3. The predicted octanol–water partition coefficient (Wildman–Crippen LogP) is 9.16. The zero-order valence-electron chi connectivity index (χ0n) is 28.3. The molecule has 6 nitrogen and oxygen atoms in total. The van der Waals surface area contributed by atoms with Gasteiger partial charge in [0.25, 0.3) is 0 Å². The third kappa shape index (κ3) is 13.1. The molecule has 7 heteroatoms. The first-order valence-corrected chi connectivity index (χ1v) is 16.0. The maximum absolute atomic E-state index is 9.83. The van der Waals surface area contributed by atoms with Crippen LogP contribution >= 0.6 is 0 Å². The Bertz CT molecular complexity index is 1830. The second-order valence-electron chi connectivity index (χ2n) is 10.9. The maximum Gasteiger partial charge on any atom is 3.00 e. The largest absolute Gasteiger partial charge is 3.00 e. The van der Waals surface area contributed by atoms with Gasteiger partial charge < -0.3 is 15.3 Å². The zero-order chi connectivity index (χ0) is 36.3. The molecule has 0 radical (unpaired) electrons. The summed E-state index contributed by atoms with van der Waals surface area (Å²) in [5.41, 5.74) is 4.06. The molecule has 252 valence electrons. The van der Waals surface area contributed by atoms with E-state index in [1.807, 2.05) is 109 Å². The van der Waals surface area contributed by atoms with Crippen LogP contribution in [0, 0.1) is 0 Å². The third-order valence-corrected chi connectivity index (χ3v) is 7.24. The normalized spacial score (nSPS) is 11.0. The molecule has 0 unspecified atom stereocenters. The van der Waals surface area contributed by atoms with E-state index >= 15 is 0 Å². The average Bonchev–Trinajstić information content (AvgIpc) is 3.20. The van der Waals surface area contributed by atoms with Gasteiger partial charge in [-0.25, -0.2) is 0 Å². The number of hydrogen-bond acceptors (Lipinski definition) is 3. The summed E-state index contributed by atoms with van der Waals surface area (Å²) in [6.45, 7) is 0. The molecule has 0 aliphatic rings. The summed E-state index contributed by atoms with van der Waals surface area (Å²) in [4.78, 5) is 29.5. The Kier molecular flexibility index (Phi) is 16.6. The first-order valence-electron chi connectivity index (χ1n) is 16.0. The van der Waals surface area contributed by atoms with Crippen molar-refractivity contribution in [3.63, 3.8) is 0 Å². The minimum absolute atomic E-state index is 0. The van der Waals surface area contributed by atoms with Gasteiger partial charge in [-0.15, -0.1) is 0 Å². The van der Waals surface area contributed by atoms with Crippen LogP contribution in [0.25, 0.3) is 17.3 Å². The molecule has 0 saturated heterocycles. The molecule has 0 spiro atoms. The zero-order valence-corrected chi connectivity index (χ0v) is 30.7. The topological polar surface area (TPSA) is 125 Å². The number of ketones is 3. The van der Waals surface area contributed by atoms with Crippen molar-refractivity contribution in [3.05, 3.63) is 234 Å². The van der Waals surface area contributed by atoms with E-state index in [-0.39, 0.29) is 54.4 Å². The van der Waals surface area contributed by atoms with Crippen molar-refractivity contribution < 1.29 is 29.7 Å². The van der Waals surface area contributed by atoms with Crippen molar-refractivity contribution in [3.8, 4) is 0 Å². The molecule has 52 heavy (non-hydrogen) atoms. The third-order valence-electron chi connectivity index (χ3n) is 7.24. The molecule has 6 N–H and O–H groups in total. The average molecular weight is 746 g/mol. The van der Waals surface area contributed by atoms with Crippen molar-refractivity contribution in [1.29, 1.82) is 0 Å². The van der Waals surface area contributed by atoms with Gasteiger partial charge >= 0.3 is 37.1 Å². The van der Waals surface area contributed by atoms with Crippen LogP contribution in [0.3, 0.4) is 0 Å². The van der Waals surface area contributed by atoms with Crippen LogP contribution < -0.4 is 0 Å². The van der Waals surface area contributed by atoms with Crippen LogP contribution in [0.5, 0.6) is 0 Å². The van der Waals surface area contributed by atoms with Gasteiger partial charge in [0, 0.05) is 16.7 Å². The van der Waals surface area contributed by atoms with Gasteiger partial charge in [-0.3, -0.25) is 14.4 Å². The van der Waals surface area contributed by atoms with Crippen LogP contribution in [-0.4, -0.2) is 66.8 Å². The maximum atomic E-state index is 9.83. The van der Waals surface area contributed by atoms with E-state index in [0.29, 0.717) is 33.4 Å². The monoisotopic (exact) mass is 744 g/mol. The second-order valence-corrected chi connectivity index (χ2v) is 10.9. The molecule has 0 aliphatic carbocycles. The summed E-state index contributed by atoms with van der Waals surface area (Å²) >= 11 is 0. The number of carbonyl (C=O) groups excluding carboxylic acids is 3.